The van der Waals surface area contributed by atoms with Crippen molar-refractivity contribution in [3.05, 3.63) is 35.9 Å². The van der Waals surface area contributed by atoms with E-state index in [2.05, 4.69) is 47.8 Å². The van der Waals surface area contributed by atoms with Crippen molar-refractivity contribution in [2.24, 2.45) is 16.8 Å². The SMILES string of the molecule is C=NCCCN(Cc1ccccc1)CC(C)C(=N)N(C)CCC(C)C(=O)OCC.CC. The molecule has 176 valence electrons. The van der Waals surface area contributed by atoms with Crippen molar-refractivity contribution in [3.8, 4) is 0 Å². The molecule has 6 heteroatoms. The summed E-state index contributed by atoms with van der Waals surface area (Å²) in [5, 5.41) is 8.57. The van der Waals surface area contributed by atoms with E-state index in [9.17, 15) is 4.79 Å². The normalized spacial score (nSPS) is 12.4. The number of nitrogens with one attached hydrogen (secondary N) is 1. The van der Waals surface area contributed by atoms with E-state index in [1.807, 2.05) is 45.7 Å². The van der Waals surface area contributed by atoms with Crippen molar-refractivity contribution in [3.63, 3.8) is 0 Å². The number of esters is 1. The van der Waals surface area contributed by atoms with Crippen molar-refractivity contribution in [2.45, 2.75) is 54.0 Å². The Morgan fingerprint density at radius 3 is 2.39 bits per heavy atom. The van der Waals surface area contributed by atoms with Crippen LogP contribution in [-0.4, -0.2) is 68.2 Å². The highest BCUT2D eigenvalue weighted by molar-refractivity contribution is 5.81. The summed E-state index contributed by atoms with van der Waals surface area (Å²) in [6.45, 7) is 17.8. The van der Waals surface area contributed by atoms with E-state index < -0.39 is 0 Å². The number of carbonyl (C=O) groups is 1. The Kier molecular flexibility index (Phi) is 16.2. The van der Waals surface area contributed by atoms with Gasteiger partial charge in [0, 0.05) is 45.7 Å². The highest BCUT2D eigenvalue weighted by atomic mass is 16.5. The molecule has 1 N–H and O–H groups in total. The number of benzene rings is 1. The van der Waals surface area contributed by atoms with Gasteiger partial charge in [-0.15, -0.1) is 0 Å². The van der Waals surface area contributed by atoms with Crippen molar-refractivity contribution in [1.29, 1.82) is 5.41 Å². The highest BCUT2D eigenvalue weighted by Gasteiger charge is 2.20. The first-order valence-corrected chi connectivity index (χ1v) is 11.5. The van der Waals surface area contributed by atoms with E-state index >= 15 is 0 Å². The summed E-state index contributed by atoms with van der Waals surface area (Å²) >= 11 is 0. The Morgan fingerprint density at radius 1 is 1.16 bits per heavy atom. The number of rotatable bonds is 14. The molecule has 0 aliphatic carbocycles. The van der Waals surface area contributed by atoms with Gasteiger partial charge >= 0.3 is 5.97 Å². The highest BCUT2D eigenvalue weighted by Crippen LogP contribution is 2.12. The quantitative estimate of drug-likeness (QED) is 0.199. The largest absolute Gasteiger partial charge is 0.466 e. The maximum absolute atomic E-state index is 11.8. The fourth-order valence-electron chi connectivity index (χ4n) is 3.24. The number of hydrogen-bond donors (Lipinski definition) is 1. The van der Waals surface area contributed by atoms with Crippen LogP contribution in [0.15, 0.2) is 35.3 Å². The summed E-state index contributed by atoms with van der Waals surface area (Å²) < 4.78 is 5.07. The molecule has 0 fully saturated rings. The molecule has 2 unspecified atom stereocenters. The van der Waals surface area contributed by atoms with Gasteiger partial charge in [-0.2, -0.15) is 0 Å². The smallest absolute Gasteiger partial charge is 0.308 e. The van der Waals surface area contributed by atoms with Crippen LogP contribution in [-0.2, 0) is 16.1 Å². The van der Waals surface area contributed by atoms with E-state index in [0.717, 1.165) is 32.6 Å². The summed E-state index contributed by atoms with van der Waals surface area (Å²) in [7, 11) is 1.93. The second kappa shape index (κ2) is 17.5. The second-order valence-corrected chi connectivity index (χ2v) is 7.67. The van der Waals surface area contributed by atoms with Gasteiger partial charge in [-0.05, 0) is 32.0 Å². The summed E-state index contributed by atoms with van der Waals surface area (Å²) in [5.41, 5.74) is 1.27. The van der Waals surface area contributed by atoms with Gasteiger partial charge in [0.2, 0.25) is 0 Å². The summed E-state index contributed by atoms with van der Waals surface area (Å²) in [5.74, 6) is 0.381. The van der Waals surface area contributed by atoms with Crippen LogP contribution in [0, 0.1) is 17.2 Å². The molecule has 0 spiro atoms. The molecular formula is C25H44N4O2. The molecule has 0 bridgehead atoms. The van der Waals surface area contributed by atoms with Crippen LogP contribution in [0.4, 0.5) is 0 Å². The fraction of sp³-hybridized carbons (Fsp3) is 0.640. The molecule has 1 aromatic rings. The summed E-state index contributed by atoms with van der Waals surface area (Å²) in [4.78, 5) is 20.1. The number of nitrogens with zero attached hydrogens (tertiary/aromatic N) is 3. The van der Waals surface area contributed by atoms with E-state index in [1.54, 1.807) is 0 Å². The summed E-state index contributed by atoms with van der Waals surface area (Å²) in [6.07, 6.45) is 1.65. The topological polar surface area (TPSA) is 69.0 Å². The maximum atomic E-state index is 11.8. The number of carbonyl (C=O) groups excluding carboxylic acids is 1. The standard InChI is InChI=1S/C23H38N4O2.C2H6/c1-6-29-23(28)19(2)13-16-26(5)22(24)20(3)17-27(15-10-14-25-4)18-21-11-8-7-9-12-21;1-2/h7-9,11-12,19-20,24H,4,6,10,13-18H2,1-3,5H3;1-2H3. The average molecular weight is 433 g/mol. The average Bonchev–Trinajstić information content (AvgIpc) is 2.78. The minimum absolute atomic E-state index is 0.0957. The van der Waals surface area contributed by atoms with Crippen LogP contribution >= 0.6 is 0 Å². The van der Waals surface area contributed by atoms with Gasteiger partial charge in [0.1, 0.15) is 0 Å². The Balaban J connectivity index is 0.00000436. The first-order chi connectivity index (χ1) is 14.9. The van der Waals surface area contributed by atoms with E-state index in [1.165, 1.54) is 5.56 Å². The molecule has 0 aromatic heterocycles. The van der Waals surface area contributed by atoms with Crippen molar-refractivity contribution < 1.29 is 9.53 Å². The van der Waals surface area contributed by atoms with Gasteiger partial charge in [0.05, 0.1) is 18.4 Å². The Morgan fingerprint density at radius 2 is 1.81 bits per heavy atom. The molecule has 0 amide bonds. The zero-order valence-corrected chi connectivity index (χ0v) is 20.6. The molecule has 0 saturated carbocycles. The maximum Gasteiger partial charge on any atom is 0.308 e. The minimum Gasteiger partial charge on any atom is -0.466 e. The van der Waals surface area contributed by atoms with Crippen molar-refractivity contribution >= 4 is 18.5 Å². The second-order valence-electron chi connectivity index (χ2n) is 7.67. The van der Waals surface area contributed by atoms with Crippen LogP contribution in [0.2, 0.25) is 0 Å². The zero-order valence-electron chi connectivity index (χ0n) is 20.6. The van der Waals surface area contributed by atoms with E-state index in [0.29, 0.717) is 25.4 Å². The molecular weight excluding hydrogens is 388 g/mol. The van der Waals surface area contributed by atoms with Gasteiger partial charge in [0.15, 0.2) is 0 Å². The molecule has 2 atom stereocenters. The lowest BCUT2D eigenvalue weighted by atomic mass is 10.1. The molecule has 1 rings (SSSR count). The van der Waals surface area contributed by atoms with Gasteiger partial charge in [0.25, 0.3) is 0 Å². The first kappa shape index (κ1) is 28.8. The predicted octanol–water partition coefficient (Wildman–Crippen LogP) is 4.74. The van der Waals surface area contributed by atoms with Gasteiger partial charge < -0.3 is 14.6 Å². The van der Waals surface area contributed by atoms with E-state index in [-0.39, 0.29) is 17.8 Å². The van der Waals surface area contributed by atoms with E-state index in [4.69, 9.17) is 10.1 Å². The lowest BCUT2D eigenvalue weighted by Gasteiger charge is -2.30. The van der Waals surface area contributed by atoms with Crippen LogP contribution in [0.25, 0.3) is 0 Å². The molecule has 0 radical (unpaired) electrons. The molecule has 0 heterocycles. The van der Waals surface area contributed by atoms with Gasteiger partial charge in [-0.1, -0.05) is 58.0 Å². The van der Waals surface area contributed by atoms with Gasteiger partial charge in [-0.3, -0.25) is 15.1 Å². The molecule has 6 nitrogen and oxygen atoms in total. The molecule has 0 saturated heterocycles. The lowest BCUT2D eigenvalue weighted by molar-refractivity contribution is -0.147. The van der Waals surface area contributed by atoms with Crippen molar-refractivity contribution in [2.75, 3.05) is 39.8 Å². The lowest BCUT2D eigenvalue weighted by Crippen LogP contribution is -2.39. The van der Waals surface area contributed by atoms with Gasteiger partial charge in [-0.25, -0.2) is 0 Å². The summed E-state index contributed by atoms with van der Waals surface area (Å²) in [6, 6.07) is 10.4. The van der Waals surface area contributed by atoms with Crippen LogP contribution in [0.5, 0.6) is 0 Å². The fourth-order valence-corrected chi connectivity index (χ4v) is 3.24. The van der Waals surface area contributed by atoms with Crippen LogP contribution < -0.4 is 0 Å². The zero-order chi connectivity index (χ0) is 23.6. The number of aliphatic imine (C=N–C) groups is 1. The minimum atomic E-state index is -0.162. The first-order valence-electron chi connectivity index (χ1n) is 11.5. The molecule has 31 heavy (non-hydrogen) atoms. The molecule has 1 aromatic carbocycles. The number of ether oxygens (including phenoxy) is 1. The monoisotopic (exact) mass is 432 g/mol. The Bertz CT molecular complexity index is 621. The number of amidine groups is 1. The molecule has 0 aliphatic rings. The van der Waals surface area contributed by atoms with Crippen LogP contribution in [0.3, 0.4) is 0 Å². The van der Waals surface area contributed by atoms with Crippen molar-refractivity contribution in [1.82, 2.24) is 9.80 Å². The predicted molar refractivity (Wildman–Crippen MR) is 132 cm³/mol. The Labute approximate surface area is 190 Å². The number of hydrogen-bond acceptors (Lipinski definition) is 5. The Hall–Kier alpha value is -2.21. The van der Waals surface area contributed by atoms with Crippen LogP contribution in [0.1, 0.15) is 53.0 Å². The molecule has 0 aliphatic heterocycles. The third-order valence-corrected chi connectivity index (χ3v) is 5.04. The third-order valence-electron chi connectivity index (χ3n) is 5.04. The third kappa shape index (κ3) is 12.3.